The number of aryl methyl sites for hydroxylation is 1. The van der Waals surface area contributed by atoms with E-state index in [9.17, 15) is 4.39 Å². The Balaban J connectivity index is 1.71. The van der Waals surface area contributed by atoms with Crippen LogP contribution in [0.3, 0.4) is 0 Å². The van der Waals surface area contributed by atoms with Gasteiger partial charge in [-0.05, 0) is 38.3 Å². The van der Waals surface area contributed by atoms with E-state index in [1.165, 1.54) is 6.07 Å². The van der Waals surface area contributed by atoms with Crippen LogP contribution in [0.2, 0.25) is 0 Å². The Morgan fingerprint density at radius 3 is 2.76 bits per heavy atom. The first-order chi connectivity index (χ1) is 16.5. The summed E-state index contributed by atoms with van der Waals surface area (Å²) in [6.07, 6.45) is 7.22. The van der Waals surface area contributed by atoms with Crippen LogP contribution < -0.4 is 21.3 Å². The molecule has 1 fully saturated rings. The van der Waals surface area contributed by atoms with E-state index in [0.717, 1.165) is 54.3 Å². The molecule has 0 spiro atoms. The van der Waals surface area contributed by atoms with Crippen LogP contribution in [0, 0.1) is 12.7 Å². The lowest BCUT2D eigenvalue weighted by molar-refractivity contribution is 0.391. The normalized spacial score (nSPS) is 18.6. The number of halogens is 1. The van der Waals surface area contributed by atoms with Gasteiger partial charge in [0, 0.05) is 31.1 Å². The summed E-state index contributed by atoms with van der Waals surface area (Å²) in [7, 11) is 1.78. The van der Waals surface area contributed by atoms with Crippen LogP contribution in [0.15, 0.2) is 24.5 Å². The maximum atomic E-state index is 14.6. The zero-order chi connectivity index (χ0) is 23.8. The second-order valence-electron chi connectivity index (χ2n) is 8.91. The van der Waals surface area contributed by atoms with E-state index < -0.39 is 0 Å². The number of benzene rings is 1. The highest BCUT2D eigenvalue weighted by Crippen LogP contribution is 2.38. The number of anilines is 4. The Morgan fingerprint density at radius 1 is 1.24 bits per heavy atom. The number of piperidine rings is 1. The predicted molar refractivity (Wildman–Crippen MR) is 134 cm³/mol. The number of hydrogen-bond donors (Lipinski definition) is 4. The molecular weight excluding hydrogens is 433 g/mol. The van der Waals surface area contributed by atoms with Gasteiger partial charge in [-0.25, -0.2) is 14.4 Å². The average Bonchev–Trinajstić information content (AvgIpc) is 3.18. The number of nitrogens with zero attached hydrogens (tertiary/aromatic N) is 5. The third-order valence-electron chi connectivity index (χ3n) is 6.46. The van der Waals surface area contributed by atoms with Crippen LogP contribution in [0.25, 0.3) is 21.9 Å². The molecule has 4 heterocycles. The number of H-pyrrole nitrogens is 1. The zero-order valence-corrected chi connectivity index (χ0v) is 19.7. The van der Waals surface area contributed by atoms with Crippen molar-refractivity contribution in [3.8, 4) is 0 Å². The van der Waals surface area contributed by atoms with Gasteiger partial charge in [-0.3, -0.25) is 0 Å². The van der Waals surface area contributed by atoms with Crippen LogP contribution in [-0.2, 0) is 0 Å². The van der Waals surface area contributed by atoms with Crippen molar-refractivity contribution < 1.29 is 4.39 Å². The Morgan fingerprint density at radius 2 is 2.03 bits per heavy atom. The molecule has 9 nitrogen and oxygen atoms in total. The molecule has 0 aliphatic carbocycles. The molecule has 1 aliphatic rings. The van der Waals surface area contributed by atoms with Crippen LogP contribution in [-0.4, -0.2) is 50.6 Å². The maximum Gasteiger partial charge on any atom is 0.231 e. The second kappa shape index (κ2) is 9.02. The number of nitrogens with one attached hydrogen (secondary N) is 3. The molecule has 1 saturated heterocycles. The largest absolute Gasteiger partial charge is 0.386 e. The Labute approximate surface area is 197 Å². The van der Waals surface area contributed by atoms with E-state index in [4.69, 9.17) is 15.7 Å². The van der Waals surface area contributed by atoms with Crippen molar-refractivity contribution in [2.75, 3.05) is 29.1 Å². The molecule has 10 heteroatoms. The van der Waals surface area contributed by atoms with Crippen LogP contribution in [0.5, 0.6) is 0 Å². The highest BCUT2D eigenvalue weighted by atomic mass is 19.1. The summed E-state index contributed by atoms with van der Waals surface area (Å²) in [6, 6.07) is 3.45. The molecule has 0 bridgehead atoms. The summed E-state index contributed by atoms with van der Waals surface area (Å²) < 4.78 is 14.6. The van der Waals surface area contributed by atoms with Crippen molar-refractivity contribution in [2.24, 2.45) is 5.73 Å². The topological polar surface area (TPSA) is 121 Å². The smallest absolute Gasteiger partial charge is 0.231 e. The van der Waals surface area contributed by atoms with Crippen molar-refractivity contribution >= 4 is 45.1 Å². The number of rotatable bonds is 6. The van der Waals surface area contributed by atoms with Crippen molar-refractivity contribution in [1.82, 2.24) is 24.9 Å². The van der Waals surface area contributed by atoms with Crippen molar-refractivity contribution in [3.05, 3.63) is 36.2 Å². The summed E-state index contributed by atoms with van der Waals surface area (Å²) in [6.45, 7) is 4.80. The summed E-state index contributed by atoms with van der Waals surface area (Å²) in [5.41, 5.74) is 9.14. The monoisotopic (exact) mass is 463 g/mol. The first kappa shape index (κ1) is 22.3. The third-order valence-corrected chi connectivity index (χ3v) is 6.46. The third kappa shape index (κ3) is 4.09. The highest BCUT2D eigenvalue weighted by molar-refractivity contribution is 6.14. The van der Waals surface area contributed by atoms with Crippen molar-refractivity contribution in [2.45, 2.75) is 51.6 Å². The minimum atomic E-state index is -0.312. The first-order valence-corrected chi connectivity index (χ1v) is 11.8. The molecule has 0 amide bonds. The lowest BCUT2D eigenvalue weighted by Gasteiger charge is -2.39. The minimum absolute atomic E-state index is 0.170. The molecule has 34 heavy (non-hydrogen) atoms. The zero-order valence-electron chi connectivity index (χ0n) is 19.7. The molecule has 0 saturated carbocycles. The molecular formula is C24H30FN9. The molecule has 1 aromatic carbocycles. The molecule has 2 unspecified atom stereocenters. The summed E-state index contributed by atoms with van der Waals surface area (Å²) in [5, 5.41) is 7.89. The SMILES string of the molecule is CCCC1CC(N)CCN1c1nc(Nc2cnc(C)nc2)nc2[nH]c3c(NC)cc(F)cc3c12. The van der Waals surface area contributed by atoms with E-state index in [0.29, 0.717) is 28.8 Å². The van der Waals surface area contributed by atoms with Crippen molar-refractivity contribution in [3.63, 3.8) is 0 Å². The number of aromatic amines is 1. The van der Waals surface area contributed by atoms with E-state index in [-0.39, 0.29) is 17.9 Å². The fourth-order valence-electron chi connectivity index (χ4n) is 4.86. The van der Waals surface area contributed by atoms with E-state index in [2.05, 4.69) is 37.4 Å². The van der Waals surface area contributed by atoms with E-state index in [1.54, 1.807) is 25.5 Å². The lowest BCUT2D eigenvalue weighted by atomic mass is 9.94. The minimum Gasteiger partial charge on any atom is -0.386 e. The van der Waals surface area contributed by atoms with Gasteiger partial charge in [0.1, 0.15) is 23.1 Å². The van der Waals surface area contributed by atoms with Gasteiger partial charge in [0.25, 0.3) is 0 Å². The van der Waals surface area contributed by atoms with Gasteiger partial charge in [0.2, 0.25) is 5.95 Å². The summed E-state index contributed by atoms with van der Waals surface area (Å²) >= 11 is 0. The number of fused-ring (bicyclic) bond motifs is 3. The molecule has 178 valence electrons. The fourth-order valence-corrected chi connectivity index (χ4v) is 4.86. The quantitative estimate of drug-likeness (QED) is 0.335. The molecule has 0 radical (unpaired) electrons. The maximum absolute atomic E-state index is 14.6. The average molecular weight is 464 g/mol. The molecule has 1 aliphatic heterocycles. The standard InChI is InChI=1S/C24H30FN9/c1-4-5-17-10-15(26)6-7-34(17)23-20-18-8-14(25)9-19(27-3)21(18)31-22(20)32-24(33-23)30-16-11-28-13(2)29-12-16/h8-9,11-12,15,17,27H,4-7,10,26H2,1-3H3,(H2,30,31,32,33). The van der Waals surface area contributed by atoms with Gasteiger partial charge >= 0.3 is 0 Å². The van der Waals surface area contributed by atoms with Gasteiger partial charge < -0.3 is 26.3 Å². The predicted octanol–water partition coefficient (Wildman–Crippen LogP) is 4.23. The fraction of sp³-hybridized carbons (Fsp3) is 0.417. The first-order valence-electron chi connectivity index (χ1n) is 11.8. The Kier molecular flexibility index (Phi) is 5.91. The number of hydrogen-bond acceptors (Lipinski definition) is 8. The van der Waals surface area contributed by atoms with Gasteiger partial charge in [-0.1, -0.05) is 13.3 Å². The molecule has 5 rings (SSSR count). The van der Waals surface area contributed by atoms with Crippen LogP contribution in [0.4, 0.5) is 27.5 Å². The van der Waals surface area contributed by atoms with Gasteiger partial charge in [-0.15, -0.1) is 0 Å². The van der Waals surface area contributed by atoms with Crippen LogP contribution in [0.1, 0.15) is 38.4 Å². The van der Waals surface area contributed by atoms with Gasteiger partial charge in [-0.2, -0.15) is 9.97 Å². The number of nitrogens with two attached hydrogens (primary N) is 1. The Bertz CT molecular complexity index is 1320. The molecule has 2 atom stereocenters. The second-order valence-corrected chi connectivity index (χ2v) is 8.91. The number of aromatic nitrogens is 5. The molecule has 5 N–H and O–H groups in total. The van der Waals surface area contributed by atoms with Gasteiger partial charge in [0.15, 0.2) is 0 Å². The van der Waals surface area contributed by atoms with Crippen LogP contribution >= 0.6 is 0 Å². The highest BCUT2D eigenvalue weighted by Gasteiger charge is 2.30. The lowest BCUT2D eigenvalue weighted by Crippen LogP contribution is -2.47. The summed E-state index contributed by atoms with van der Waals surface area (Å²) in [4.78, 5) is 23.9. The van der Waals surface area contributed by atoms with E-state index in [1.807, 2.05) is 6.92 Å². The Hall–Kier alpha value is -3.53. The van der Waals surface area contributed by atoms with Gasteiger partial charge in [0.05, 0.1) is 34.7 Å². The van der Waals surface area contributed by atoms with Crippen molar-refractivity contribution in [1.29, 1.82) is 0 Å². The molecule has 4 aromatic rings. The summed E-state index contributed by atoms with van der Waals surface area (Å²) in [5.74, 6) is 1.59. The molecule has 3 aromatic heterocycles. The van der Waals surface area contributed by atoms with E-state index >= 15 is 0 Å².